The van der Waals surface area contributed by atoms with E-state index in [1.807, 2.05) is 31.2 Å². The maximum atomic E-state index is 11.2. The van der Waals surface area contributed by atoms with Gasteiger partial charge >= 0.3 is 0 Å². The first kappa shape index (κ1) is 12.7. The highest BCUT2D eigenvalue weighted by Crippen LogP contribution is 2.14. The quantitative estimate of drug-likeness (QED) is 0.611. The van der Waals surface area contributed by atoms with Crippen molar-refractivity contribution in [3.8, 4) is 0 Å². The minimum Gasteiger partial charge on any atom is -0.370 e. The van der Waals surface area contributed by atoms with E-state index in [1.54, 1.807) is 13.3 Å². The monoisotopic (exact) mass is 239 g/mol. The molecule has 0 bridgehead atoms. The molecule has 0 aliphatic rings. The summed E-state index contributed by atoms with van der Waals surface area (Å²) in [7, 11) is 0.706. The van der Waals surface area contributed by atoms with Crippen molar-refractivity contribution >= 4 is 16.8 Å². The average Bonchev–Trinajstić information content (AvgIpc) is 2.28. The van der Waals surface area contributed by atoms with Crippen molar-refractivity contribution < 1.29 is 4.21 Å². The second-order valence-electron chi connectivity index (χ2n) is 3.50. The number of nitrogens with two attached hydrogens (primary N) is 1. The lowest BCUT2D eigenvalue weighted by Crippen LogP contribution is -2.33. The fraction of sp³-hybridized carbons (Fsp3) is 0.364. The van der Waals surface area contributed by atoms with Crippen LogP contribution in [0, 0.1) is 0 Å². The maximum absolute atomic E-state index is 11.2. The summed E-state index contributed by atoms with van der Waals surface area (Å²) >= 11 is 0. The molecular weight excluding hydrogens is 222 g/mol. The molecule has 0 aromatic heterocycles. The van der Waals surface area contributed by atoms with Crippen LogP contribution in [0.3, 0.4) is 0 Å². The van der Waals surface area contributed by atoms with Gasteiger partial charge in [-0.05, 0) is 24.6 Å². The molecule has 1 aromatic rings. The summed E-state index contributed by atoms with van der Waals surface area (Å²) in [6, 6.07) is 7.70. The lowest BCUT2D eigenvalue weighted by molar-refractivity contribution is 0.686. The number of hydrogen-bond acceptors (Lipinski definition) is 2. The van der Waals surface area contributed by atoms with Crippen molar-refractivity contribution in [2.24, 2.45) is 10.7 Å². The lowest BCUT2D eigenvalue weighted by Gasteiger charge is -2.14. The van der Waals surface area contributed by atoms with Gasteiger partial charge in [-0.25, -0.2) is 0 Å². The molecule has 0 radical (unpaired) electrons. The zero-order valence-electron chi connectivity index (χ0n) is 9.73. The Hall–Kier alpha value is -1.36. The molecule has 2 atom stereocenters. The molecule has 4 nitrogen and oxygen atoms in total. The molecule has 2 unspecified atom stereocenters. The van der Waals surface area contributed by atoms with E-state index < -0.39 is 10.8 Å². The molecule has 0 saturated carbocycles. The first-order valence-corrected chi connectivity index (χ1v) is 6.52. The number of rotatable bonds is 3. The molecule has 0 heterocycles. The molecule has 88 valence electrons. The highest BCUT2D eigenvalue weighted by atomic mass is 32.2. The van der Waals surface area contributed by atoms with Gasteiger partial charge in [0.2, 0.25) is 0 Å². The van der Waals surface area contributed by atoms with Gasteiger partial charge in [0, 0.05) is 29.0 Å². The van der Waals surface area contributed by atoms with Crippen molar-refractivity contribution in [2.45, 2.75) is 17.9 Å². The van der Waals surface area contributed by atoms with Gasteiger partial charge in [0.05, 0.1) is 6.04 Å². The second-order valence-corrected chi connectivity index (χ2v) is 4.88. The van der Waals surface area contributed by atoms with Crippen LogP contribution in [0.1, 0.15) is 18.5 Å². The zero-order chi connectivity index (χ0) is 12.1. The number of nitrogens with one attached hydrogen (secondary N) is 1. The zero-order valence-corrected chi connectivity index (χ0v) is 10.5. The van der Waals surface area contributed by atoms with E-state index in [0.29, 0.717) is 5.96 Å². The summed E-state index contributed by atoms with van der Waals surface area (Å²) < 4.78 is 11.2. The van der Waals surface area contributed by atoms with E-state index in [1.165, 1.54) is 0 Å². The molecule has 1 rings (SSSR count). The predicted molar refractivity (Wildman–Crippen MR) is 67.9 cm³/mol. The van der Waals surface area contributed by atoms with Gasteiger partial charge in [0.15, 0.2) is 5.96 Å². The van der Waals surface area contributed by atoms with Gasteiger partial charge in [-0.2, -0.15) is 0 Å². The van der Waals surface area contributed by atoms with Crippen LogP contribution < -0.4 is 11.1 Å². The Bertz CT molecular complexity index is 400. The van der Waals surface area contributed by atoms with Gasteiger partial charge in [0.25, 0.3) is 0 Å². The van der Waals surface area contributed by atoms with E-state index in [4.69, 9.17) is 5.73 Å². The molecule has 5 heteroatoms. The standard InChI is InChI=1S/C11H17N3OS/c1-8(14-11(12)13-2)9-4-6-10(7-5-9)16(3)15/h4-8H,1-3H3,(H3,12,13,14). The Morgan fingerprint density at radius 2 is 2.00 bits per heavy atom. The summed E-state index contributed by atoms with van der Waals surface area (Å²) in [5.41, 5.74) is 6.66. The van der Waals surface area contributed by atoms with E-state index in [2.05, 4.69) is 10.3 Å². The SMILES string of the molecule is CN=C(N)NC(C)c1ccc(S(C)=O)cc1. The fourth-order valence-corrected chi connectivity index (χ4v) is 1.84. The topological polar surface area (TPSA) is 67.5 Å². The van der Waals surface area contributed by atoms with E-state index in [9.17, 15) is 4.21 Å². The van der Waals surface area contributed by atoms with Gasteiger partial charge < -0.3 is 11.1 Å². The van der Waals surface area contributed by atoms with E-state index in [0.717, 1.165) is 10.5 Å². The molecule has 3 N–H and O–H groups in total. The van der Waals surface area contributed by atoms with Crippen LogP contribution in [0.5, 0.6) is 0 Å². The van der Waals surface area contributed by atoms with Gasteiger partial charge in [-0.15, -0.1) is 0 Å². The third-order valence-corrected chi connectivity index (χ3v) is 3.25. The van der Waals surface area contributed by atoms with E-state index >= 15 is 0 Å². The summed E-state index contributed by atoms with van der Waals surface area (Å²) in [5, 5.41) is 3.05. The number of nitrogens with zero attached hydrogens (tertiary/aromatic N) is 1. The molecule has 0 saturated heterocycles. The highest BCUT2D eigenvalue weighted by Gasteiger charge is 2.06. The van der Waals surface area contributed by atoms with Crippen molar-refractivity contribution in [3.63, 3.8) is 0 Å². The van der Waals surface area contributed by atoms with Crippen molar-refractivity contribution in [2.75, 3.05) is 13.3 Å². The van der Waals surface area contributed by atoms with Crippen LogP contribution >= 0.6 is 0 Å². The Labute approximate surface area is 98.4 Å². The average molecular weight is 239 g/mol. The largest absolute Gasteiger partial charge is 0.370 e. The number of hydrogen-bond donors (Lipinski definition) is 2. The van der Waals surface area contributed by atoms with Crippen LogP contribution in [-0.2, 0) is 10.8 Å². The molecule has 16 heavy (non-hydrogen) atoms. The van der Waals surface area contributed by atoms with Crippen molar-refractivity contribution in [3.05, 3.63) is 29.8 Å². The minimum atomic E-state index is -0.932. The van der Waals surface area contributed by atoms with Crippen LogP contribution in [0.25, 0.3) is 0 Å². The van der Waals surface area contributed by atoms with Gasteiger partial charge in [-0.1, -0.05) is 12.1 Å². The predicted octanol–water partition coefficient (Wildman–Crippen LogP) is 1.02. The van der Waals surface area contributed by atoms with Crippen molar-refractivity contribution in [1.29, 1.82) is 0 Å². The Morgan fingerprint density at radius 3 is 2.44 bits per heavy atom. The Balaban J connectivity index is 2.77. The molecule has 0 fully saturated rings. The highest BCUT2D eigenvalue weighted by molar-refractivity contribution is 7.84. The smallest absolute Gasteiger partial charge is 0.188 e. The fourth-order valence-electron chi connectivity index (χ4n) is 1.32. The van der Waals surface area contributed by atoms with Crippen LogP contribution in [-0.4, -0.2) is 23.5 Å². The first-order chi connectivity index (χ1) is 7.54. The maximum Gasteiger partial charge on any atom is 0.188 e. The minimum absolute atomic E-state index is 0.0861. The normalized spacial score (nSPS) is 15.6. The van der Waals surface area contributed by atoms with Crippen LogP contribution in [0.4, 0.5) is 0 Å². The third kappa shape index (κ3) is 3.34. The second kappa shape index (κ2) is 5.65. The summed E-state index contributed by atoms with van der Waals surface area (Å²) in [6.07, 6.45) is 1.67. The summed E-state index contributed by atoms with van der Waals surface area (Å²) in [4.78, 5) is 4.66. The lowest BCUT2D eigenvalue weighted by atomic mass is 10.1. The van der Waals surface area contributed by atoms with Crippen molar-refractivity contribution in [1.82, 2.24) is 5.32 Å². The number of benzene rings is 1. The number of aliphatic imine (C=N–C) groups is 1. The van der Waals surface area contributed by atoms with E-state index in [-0.39, 0.29) is 6.04 Å². The van der Waals surface area contributed by atoms with Gasteiger partial charge in [-0.3, -0.25) is 9.20 Å². The van der Waals surface area contributed by atoms with Gasteiger partial charge in [0.1, 0.15) is 0 Å². The molecular formula is C11H17N3OS. The Morgan fingerprint density at radius 1 is 1.44 bits per heavy atom. The van der Waals surface area contributed by atoms with Crippen LogP contribution in [0.2, 0.25) is 0 Å². The molecule has 1 aromatic carbocycles. The molecule has 0 amide bonds. The summed E-state index contributed by atoms with van der Waals surface area (Å²) in [5.74, 6) is 0.413. The molecule has 0 aliphatic carbocycles. The molecule has 0 aliphatic heterocycles. The third-order valence-electron chi connectivity index (χ3n) is 2.32. The first-order valence-electron chi connectivity index (χ1n) is 4.96. The molecule has 0 spiro atoms. The van der Waals surface area contributed by atoms with Crippen LogP contribution in [0.15, 0.2) is 34.2 Å². The summed E-state index contributed by atoms with van der Waals surface area (Å²) in [6.45, 7) is 2.00. The number of guanidine groups is 1. The Kier molecular flexibility index (Phi) is 4.49.